The number of rotatable bonds is 4. The minimum Gasteiger partial charge on any atom is -0.465 e. The van der Waals surface area contributed by atoms with Crippen molar-refractivity contribution in [3.8, 4) is 0 Å². The Hall–Kier alpha value is -2.34. The summed E-state index contributed by atoms with van der Waals surface area (Å²) in [6.45, 7) is 0. The molecule has 0 aromatic heterocycles. The second-order valence-electron chi connectivity index (χ2n) is 3.84. The van der Waals surface area contributed by atoms with Crippen LogP contribution in [0.1, 0.15) is 10.4 Å². The molecule has 2 rings (SSSR count). The van der Waals surface area contributed by atoms with E-state index in [2.05, 4.69) is 0 Å². The highest BCUT2D eigenvalue weighted by Gasteiger charge is 2.13. The zero-order chi connectivity index (χ0) is 14.5. The van der Waals surface area contributed by atoms with Crippen LogP contribution in [-0.4, -0.2) is 18.0 Å². The topological polar surface area (TPSA) is 69.4 Å². The van der Waals surface area contributed by atoms with Gasteiger partial charge in [0.2, 0.25) is 0 Å². The highest BCUT2D eigenvalue weighted by molar-refractivity contribution is 7.99. The number of carbonyl (C=O) groups excluding carboxylic acids is 1. The Bertz CT molecular complexity index is 657. The van der Waals surface area contributed by atoms with Crippen LogP contribution in [0.25, 0.3) is 0 Å². The lowest BCUT2D eigenvalue weighted by Crippen LogP contribution is -2.02. The Labute approximate surface area is 119 Å². The van der Waals surface area contributed by atoms with Crippen molar-refractivity contribution in [1.82, 2.24) is 0 Å². The van der Waals surface area contributed by atoms with Crippen molar-refractivity contribution < 1.29 is 14.5 Å². The number of non-ortho nitro benzene ring substituents is 1. The highest BCUT2D eigenvalue weighted by atomic mass is 32.2. The van der Waals surface area contributed by atoms with Crippen LogP contribution >= 0.6 is 11.8 Å². The second kappa shape index (κ2) is 6.21. The molecule has 0 spiro atoms. The first-order valence-corrected chi connectivity index (χ1v) is 6.53. The molecule has 0 radical (unpaired) electrons. The van der Waals surface area contributed by atoms with E-state index in [-0.39, 0.29) is 5.69 Å². The average Bonchev–Trinajstić information content (AvgIpc) is 2.47. The van der Waals surface area contributed by atoms with E-state index in [4.69, 9.17) is 4.74 Å². The van der Waals surface area contributed by atoms with Crippen molar-refractivity contribution in [1.29, 1.82) is 0 Å². The largest absolute Gasteiger partial charge is 0.465 e. The van der Waals surface area contributed by atoms with Crippen LogP contribution in [0.2, 0.25) is 0 Å². The third-order valence-electron chi connectivity index (χ3n) is 2.55. The van der Waals surface area contributed by atoms with Crippen molar-refractivity contribution in [2.24, 2.45) is 0 Å². The van der Waals surface area contributed by atoms with Crippen molar-refractivity contribution in [2.45, 2.75) is 9.79 Å². The smallest absolute Gasteiger partial charge is 0.339 e. The molecule has 2 aromatic carbocycles. The molecule has 0 aliphatic rings. The van der Waals surface area contributed by atoms with Crippen LogP contribution in [-0.2, 0) is 4.74 Å². The summed E-state index contributed by atoms with van der Waals surface area (Å²) in [7, 11) is 1.32. The van der Waals surface area contributed by atoms with E-state index in [1.807, 2.05) is 0 Å². The van der Waals surface area contributed by atoms with E-state index in [9.17, 15) is 14.9 Å². The third-order valence-corrected chi connectivity index (χ3v) is 3.61. The number of carbonyl (C=O) groups is 1. The molecule has 0 amide bonds. The summed E-state index contributed by atoms with van der Waals surface area (Å²) in [4.78, 5) is 23.3. The highest BCUT2D eigenvalue weighted by Crippen LogP contribution is 2.32. The molecular formula is C14H11NO4S. The van der Waals surface area contributed by atoms with Crippen molar-refractivity contribution in [3.63, 3.8) is 0 Å². The number of benzene rings is 2. The number of hydrogen-bond donors (Lipinski definition) is 0. The van der Waals surface area contributed by atoms with Gasteiger partial charge in [0.25, 0.3) is 5.69 Å². The summed E-state index contributed by atoms with van der Waals surface area (Å²) >= 11 is 1.28. The van der Waals surface area contributed by atoms with Gasteiger partial charge >= 0.3 is 5.97 Å². The molecule has 0 aliphatic carbocycles. The van der Waals surface area contributed by atoms with E-state index in [0.29, 0.717) is 15.4 Å². The fraction of sp³-hybridized carbons (Fsp3) is 0.0714. The standard InChI is InChI=1S/C14H11NO4S/c1-19-14(16)12-7-2-3-8-13(12)20-11-6-4-5-10(9-11)15(17)18/h2-9H,1H3. The molecule has 0 bridgehead atoms. The molecule has 102 valence electrons. The molecule has 0 heterocycles. The number of hydrogen-bond acceptors (Lipinski definition) is 5. The Balaban J connectivity index is 2.33. The van der Waals surface area contributed by atoms with Gasteiger partial charge in [-0.25, -0.2) is 4.79 Å². The maximum atomic E-state index is 11.7. The molecule has 20 heavy (non-hydrogen) atoms. The predicted molar refractivity (Wildman–Crippen MR) is 75.0 cm³/mol. The Morgan fingerprint density at radius 3 is 2.65 bits per heavy atom. The molecule has 0 aliphatic heterocycles. The van der Waals surface area contributed by atoms with Gasteiger partial charge in [0.15, 0.2) is 0 Å². The monoisotopic (exact) mass is 289 g/mol. The summed E-state index contributed by atoms with van der Waals surface area (Å²) in [5.74, 6) is -0.432. The summed E-state index contributed by atoms with van der Waals surface area (Å²) in [5.41, 5.74) is 0.456. The molecule has 0 N–H and O–H groups in total. The zero-order valence-corrected chi connectivity index (χ0v) is 11.4. The molecular weight excluding hydrogens is 278 g/mol. The number of nitro benzene ring substituents is 1. The number of nitrogens with zero attached hydrogens (tertiary/aromatic N) is 1. The Morgan fingerprint density at radius 1 is 1.20 bits per heavy atom. The van der Waals surface area contributed by atoms with Crippen molar-refractivity contribution in [2.75, 3.05) is 7.11 Å². The van der Waals surface area contributed by atoms with Gasteiger partial charge < -0.3 is 4.74 Å². The number of esters is 1. The van der Waals surface area contributed by atoms with Crippen LogP contribution < -0.4 is 0 Å². The van der Waals surface area contributed by atoms with Gasteiger partial charge in [0.1, 0.15) is 0 Å². The molecule has 0 saturated heterocycles. The fourth-order valence-electron chi connectivity index (χ4n) is 1.62. The van der Waals surface area contributed by atoms with Gasteiger partial charge in [0, 0.05) is 21.9 Å². The molecule has 6 heteroatoms. The minimum absolute atomic E-state index is 0.0190. The maximum absolute atomic E-state index is 11.7. The van der Waals surface area contributed by atoms with Gasteiger partial charge in [-0.1, -0.05) is 30.0 Å². The van der Waals surface area contributed by atoms with Crippen LogP contribution in [0.5, 0.6) is 0 Å². The van der Waals surface area contributed by atoms with Gasteiger partial charge in [-0.3, -0.25) is 10.1 Å². The summed E-state index contributed by atoms with van der Waals surface area (Å²) in [6, 6.07) is 13.2. The summed E-state index contributed by atoms with van der Waals surface area (Å²) in [5, 5.41) is 10.7. The van der Waals surface area contributed by atoms with E-state index in [0.717, 1.165) is 0 Å². The molecule has 2 aromatic rings. The molecule has 0 atom stereocenters. The first-order chi connectivity index (χ1) is 9.61. The normalized spacial score (nSPS) is 10.1. The molecule has 5 nitrogen and oxygen atoms in total. The lowest BCUT2D eigenvalue weighted by atomic mass is 10.2. The quantitative estimate of drug-likeness (QED) is 0.489. The van der Waals surface area contributed by atoms with Crippen LogP contribution in [0.4, 0.5) is 5.69 Å². The van der Waals surface area contributed by atoms with Gasteiger partial charge in [-0.05, 0) is 18.2 Å². The average molecular weight is 289 g/mol. The van der Waals surface area contributed by atoms with Crippen LogP contribution in [0, 0.1) is 10.1 Å². The van der Waals surface area contributed by atoms with Gasteiger partial charge in [-0.2, -0.15) is 0 Å². The van der Waals surface area contributed by atoms with Crippen molar-refractivity contribution in [3.05, 3.63) is 64.2 Å². The van der Waals surface area contributed by atoms with Crippen LogP contribution in [0.3, 0.4) is 0 Å². The third kappa shape index (κ3) is 3.16. The molecule has 0 fully saturated rings. The number of nitro groups is 1. The van der Waals surface area contributed by atoms with E-state index in [1.165, 1.54) is 31.0 Å². The zero-order valence-electron chi connectivity index (χ0n) is 10.6. The lowest BCUT2D eigenvalue weighted by Gasteiger charge is -2.07. The van der Waals surface area contributed by atoms with Gasteiger partial charge in [-0.15, -0.1) is 0 Å². The van der Waals surface area contributed by atoms with Gasteiger partial charge in [0.05, 0.1) is 17.6 Å². The summed E-state index contributed by atoms with van der Waals surface area (Å²) in [6.07, 6.45) is 0. The number of methoxy groups -OCH3 is 1. The summed E-state index contributed by atoms with van der Waals surface area (Å²) < 4.78 is 4.72. The molecule has 0 unspecified atom stereocenters. The SMILES string of the molecule is COC(=O)c1ccccc1Sc1cccc([N+](=O)[O-])c1. The minimum atomic E-state index is -0.448. The maximum Gasteiger partial charge on any atom is 0.339 e. The van der Waals surface area contributed by atoms with Crippen molar-refractivity contribution >= 4 is 23.4 Å². The predicted octanol–water partition coefficient (Wildman–Crippen LogP) is 3.53. The van der Waals surface area contributed by atoms with Crippen LogP contribution in [0.15, 0.2) is 58.3 Å². The first kappa shape index (κ1) is 14.1. The Kier molecular flexibility index (Phi) is 4.37. The number of ether oxygens (including phenoxy) is 1. The lowest BCUT2D eigenvalue weighted by molar-refractivity contribution is -0.385. The Morgan fingerprint density at radius 2 is 1.95 bits per heavy atom. The van der Waals surface area contributed by atoms with E-state index in [1.54, 1.807) is 36.4 Å². The second-order valence-corrected chi connectivity index (χ2v) is 4.96. The fourth-order valence-corrected chi connectivity index (χ4v) is 2.61. The first-order valence-electron chi connectivity index (χ1n) is 5.71. The molecule has 0 saturated carbocycles. The van der Waals surface area contributed by atoms with E-state index < -0.39 is 10.9 Å². The van der Waals surface area contributed by atoms with E-state index >= 15 is 0 Å².